The van der Waals surface area contributed by atoms with Crippen LogP contribution in [0.5, 0.6) is 0 Å². The van der Waals surface area contributed by atoms with Crippen molar-refractivity contribution in [2.75, 3.05) is 11.1 Å². The first-order valence-electron chi connectivity index (χ1n) is 6.30. The minimum absolute atomic E-state index is 0.0611. The Morgan fingerprint density at radius 2 is 2.05 bits per heavy atom. The number of carbonyl (C=O) groups is 2. The Balaban J connectivity index is 2.12. The quantitative estimate of drug-likeness (QED) is 0.728. The molecule has 9 heteroatoms. The number of hydrogen-bond donors (Lipinski definition) is 3. The van der Waals surface area contributed by atoms with Gasteiger partial charge in [0.25, 0.3) is 0 Å². The number of aromatic carboxylic acids is 1. The normalized spacial score (nSPS) is 10.6. The molecule has 0 aliphatic heterocycles. The highest BCUT2D eigenvalue weighted by Crippen LogP contribution is 2.14. The summed E-state index contributed by atoms with van der Waals surface area (Å²) in [5.41, 5.74) is 6.34. The van der Waals surface area contributed by atoms with Gasteiger partial charge in [-0.1, -0.05) is 0 Å². The van der Waals surface area contributed by atoms with Crippen LogP contribution in [-0.2, 0) is 17.9 Å². The largest absolute Gasteiger partial charge is 0.476 e. The minimum Gasteiger partial charge on any atom is -0.476 e. The lowest BCUT2D eigenvalue weighted by Gasteiger charge is -2.03. The predicted octanol–water partition coefficient (Wildman–Crippen LogP) is 0.327. The molecule has 2 rings (SSSR count). The van der Waals surface area contributed by atoms with Gasteiger partial charge >= 0.3 is 5.97 Å². The van der Waals surface area contributed by atoms with E-state index in [0.717, 1.165) is 5.56 Å². The highest BCUT2D eigenvalue weighted by Gasteiger charge is 2.17. The van der Waals surface area contributed by atoms with Crippen molar-refractivity contribution >= 4 is 23.4 Å². The predicted molar refractivity (Wildman–Crippen MR) is 74.9 cm³/mol. The summed E-state index contributed by atoms with van der Waals surface area (Å²) in [6.07, 6.45) is 3.12. The summed E-state index contributed by atoms with van der Waals surface area (Å²) in [5.74, 6) is -1.25. The molecular formula is C12H16N6O3. The van der Waals surface area contributed by atoms with Crippen molar-refractivity contribution < 1.29 is 14.7 Å². The van der Waals surface area contributed by atoms with Crippen molar-refractivity contribution in [2.24, 2.45) is 0 Å². The molecule has 0 bridgehead atoms. The van der Waals surface area contributed by atoms with E-state index in [2.05, 4.69) is 15.5 Å². The second kappa shape index (κ2) is 5.65. The number of nitrogens with zero attached hydrogens (tertiary/aromatic N) is 4. The van der Waals surface area contributed by atoms with Gasteiger partial charge in [0.05, 0.1) is 5.69 Å². The number of anilines is 2. The third-order valence-corrected chi connectivity index (χ3v) is 2.85. The molecule has 2 heterocycles. The molecule has 9 nitrogen and oxygen atoms in total. The molecule has 21 heavy (non-hydrogen) atoms. The van der Waals surface area contributed by atoms with Crippen molar-refractivity contribution in [1.82, 2.24) is 19.6 Å². The highest BCUT2D eigenvalue weighted by molar-refractivity contribution is 5.98. The van der Waals surface area contributed by atoms with Crippen LogP contribution in [-0.4, -0.2) is 36.5 Å². The monoisotopic (exact) mass is 292 g/mol. The van der Waals surface area contributed by atoms with Crippen molar-refractivity contribution in [1.29, 1.82) is 0 Å². The summed E-state index contributed by atoms with van der Waals surface area (Å²) in [6, 6.07) is 0. The maximum atomic E-state index is 11.9. The number of carbonyl (C=O) groups excluding carboxylic acids is 1. The van der Waals surface area contributed by atoms with Crippen LogP contribution in [0.15, 0.2) is 12.4 Å². The van der Waals surface area contributed by atoms with Gasteiger partial charge in [0.1, 0.15) is 12.4 Å². The molecule has 0 aliphatic carbocycles. The van der Waals surface area contributed by atoms with E-state index in [0.29, 0.717) is 12.4 Å². The second-order valence-corrected chi connectivity index (χ2v) is 4.50. The van der Waals surface area contributed by atoms with Crippen LogP contribution in [0.4, 0.5) is 11.5 Å². The molecule has 0 radical (unpaired) electrons. The van der Waals surface area contributed by atoms with Crippen molar-refractivity contribution in [3.05, 3.63) is 23.7 Å². The number of nitrogens with two attached hydrogens (primary N) is 1. The zero-order chi connectivity index (χ0) is 15.6. The molecule has 0 atom stereocenters. The Hall–Kier alpha value is -2.84. The Morgan fingerprint density at radius 3 is 2.57 bits per heavy atom. The van der Waals surface area contributed by atoms with E-state index in [1.807, 2.05) is 6.92 Å². The number of hydrogen-bond acceptors (Lipinski definition) is 5. The number of amides is 1. The van der Waals surface area contributed by atoms with E-state index in [9.17, 15) is 9.59 Å². The number of carboxylic acids is 1. The number of aromatic nitrogens is 4. The van der Waals surface area contributed by atoms with Crippen LogP contribution in [0.25, 0.3) is 0 Å². The number of aryl methyl sites for hydroxylation is 2. The van der Waals surface area contributed by atoms with Crippen LogP contribution in [0, 0.1) is 6.92 Å². The summed E-state index contributed by atoms with van der Waals surface area (Å²) in [5, 5.41) is 19.4. The van der Waals surface area contributed by atoms with Crippen LogP contribution in [0.2, 0.25) is 0 Å². The third-order valence-electron chi connectivity index (χ3n) is 2.85. The van der Waals surface area contributed by atoms with E-state index >= 15 is 0 Å². The van der Waals surface area contributed by atoms with Crippen LogP contribution in [0.3, 0.4) is 0 Å². The van der Waals surface area contributed by atoms with Gasteiger partial charge < -0.3 is 16.2 Å². The Kier molecular flexibility index (Phi) is 3.92. The van der Waals surface area contributed by atoms with Crippen LogP contribution in [0.1, 0.15) is 23.0 Å². The first kappa shape index (κ1) is 14.6. The fraction of sp³-hybridized carbons (Fsp3) is 0.333. The van der Waals surface area contributed by atoms with Crippen molar-refractivity contribution in [3.8, 4) is 0 Å². The van der Waals surface area contributed by atoms with E-state index < -0.39 is 11.9 Å². The average Bonchev–Trinajstić information content (AvgIpc) is 2.93. The van der Waals surface area contributed by atoms with Gasteiger partial charge in [-0.25, -0.2) is 4.79 Å². The Bertz CT molecular complexity index is 668. The van der Waals surface area contributed by atoms with E-state index in [-0.39, 0.29) is 17.9 Å². The van der Waals surface area contributed by atoms with Gasteiger partial charge in [-0.05, 0) is 13.8 Å². The Labute approximate surface area is 120 Å². The highest BCUT2D eigenvalue weighted by atomic mass is 16.4. The second-order valence-electron chi connectivity index (χ2n) is 4.50. The average molecular weight is 292 g/mol. The summed E-state index contributed by atoms with van der Waals surface area (Å²) in [7, 11) is 0. The Morgan fingerprint density at radius 1 is 1.33 bits per heavy atom. The topological polar surface area (TPSA) is 128 Å². The first-order chi connectivity index (χ1) is 9.90. The maximum Gasteiger partial charge on any atom is 0.358 e. The molecular weight excluding hydrogens is 276 g/mol. The summed E-state index contributed by atoms with van der Waals surface area (Å²) < 4.78 is 2.83. The van der Waals surface area contributed by atoms with E-state index in [1.54, 1.807) is 13.1 Å². The van der Waals surface area contributed by atoms with E-state index in [4.69, 9.17) is 10.8 Å². The van der Waals surface area contributed by atoms with Gasteiger partial charge in [0.2, 0.25) is 5.91 Å². The molecule has 2 aromatic heterocycles. The van der Waals surface area contributed by atoms with Gasteiger partial charge in [-0.2, -0.15) is 10.2 Å². The minimum atomic E-state index is -1.20. The first-order valence-corrected chi connectivity index (χ1v) is 6.30. The molecule has 0 aliphatic rings. The number of rotatable bonds is 5. The molecule has 0 saturated carbocycles. The number of nitrogen functional groups attached to an aromatic ring is 1. The fourth-order valence-corrected chi connectivity index (χ4v) is 1.79. The summed E-state index contributed by atoms with van der Waals surface area (Å²) in [6.45, 7) is 4.05. The number of carboxylic acid groups (broad SMARTS) is 1. The molecule has 0 spiro atoms. The smallest absolute Gasteiger partial charge is 0.358 e. The molecule has 0 saturated heterocycles. The molecule has 4 N–H and O–H groups in total. The lowest BCUT2D eigenvalue weighted by molar-refractivity contribution is -0.116. The zero-order valence-corrected chi connectivity index (χ0v) is 11.7. The molecule has 0 fully saturated rings. The molecule has 1 amide bonds. The molecule has 2 aromatic rings. The van der Waals surface area contributed by atoms with E-state index in [1.165, 1.54) is 15.6 Å². The van der Waals surface area contributed by atoms with Gasteiger partial charge in [0, 0.05) is 24.5 Å². The summed E-state index contributed by atoms with van der Waals surface area (Å²) in [4.78, 5) is 23.0. The maximum absolute atomic E-state index is 11.9. The summed E-state index contributed by atoms with van der Waals surface area (Å²) >= 11 is 0. The van der Waals surface area contributed by atoms with Gasteiger partial charge in [-0.15, -0.1) is 0 Å². The molecule has 112 valence electrons. The van der Waals surface area contributed by atoms with Gasteiger partial charge in [0.15, 0.2) is 5.69 Å². The standard InChI is InChI=1S/C12H16N6O3/c1-3-17-5-8(10(15-17)12(20)21)14-9(19)6-18-4-7(2)11(13)16-18/h4-5H,3,6H2,1-2H3,(H2,13,16)(H,14,19)(H,20,21). The molecule has 0 aromatic carbocycles. The third kappa shape index (κ3) is 3.19. The molecule has 0 unspecified atom stereocenters. The fourth-order valence-electron chi connectivity index (χ4n) is 1.79. The van der Waals surface area contributed by atoms with Crippen LogP contribution >= 0.6 is 0 Å². The zero-order valence-electron chi connectivity index (χ0n) is 11.7. The SMILES string of the molecule is CCn1cc(NC(=O)Cn2cc(C)c(N)n2)c(C(=O)O)n1. The van der Waals surface area contributed by atoms with Gasteiger partial charge in [-0.3, -0.25) is 14.2 Å². The number of nitrogens with one attached hydrogen (secondary N) is 1. The van der Waals surface area contributed by atoms with Crippen molar-refractivity contribution in [3.63, 3.8) is 0 Å². The van der Waals surface area contributed by atoms with Crippen LogP contribution < -0.4 is 11.1 Å². The van der Waals surface area contributed by atoms with Crippen molar-refractivity contribution in [2.45, 2.75) is 26.9 Å². The lowest BCUT2D eigenvalue weighted by Crippen LogP contribution is -2.20. The lowest BCUT2D eigenvalue weighted by atomic mass is 10.3.